The van der Waals surface area contributed by atoms with Gasteiger partial charge in [-0.1, -0.05) is 6.07 Å². The Kier molecular flexibility index (Phi) is 5.89. The summed E-state index contributed by atoms with van der Waals surface area (Å²) in [6.45, 7) is 6.88. The molecule has 2 aromatic rings. The summed E-state index contributed by atoms with van der Waals surface area (Å²) in [5.41, 5.74) is -0.869. The van der Waals surface area contributed by atoms with Crippen LogP contribution >= 0.6 is 0 Å². The van der Waals surface area contributed by atoms with Crippen molar-refractivity contribution in [3.05, 3.63) is 53.4 Å². The average Bonchev–Trinajstić information content (AvgIpc) is 2.92. The predicted octanol–water partition coefficient (Wildman–Crippen LogP) is 3.24. The van der Waals surface area contributed by atoms with Gasteiger partial charge in [-0.15, -0.1) is 4.72 Å². The Morgan fingerprint density at radius 1 is 1.27 bits per heavy atom. The van der Waals surface area contributed by atoms with E-state index in [1.54, 1.807) is 40.8 Å². The zero-order chi connectivity index (χ0) is 19.7. The van der Waals surface area contributed by atoms with Crippen LogP contribution in [0, 0.1) is 11.6 Å². The number of aromatic nitrogens is 2. The fourth-order valence-corrected chi connectivity index (χ4v) is 3.44. The molecule has 1 unspecified atom stereocenters. The molecule has 0 fully saturated rings. The molecular weight excluding hydrogens is 360 g/mol. The molecule has 1 N–H and O–H groups in total. The number of Topliss-reactive ketones (excluding diaryl/α,β-unsaturated/α-hetero) is 1. The van der Waals surface area contributed by atoms with E-state index >= 15 is 0 Å². The van der Waals surface area contributed by atoms with E-state index in [4.69, 9.17) is 0 Å². The fourth-order valence-electron chi connectivity index (χ4n) is 2.54. The maximum atomic E-state index is 14.5. The average molecular weight is 383 g/mol. The summed E-state index contributed by atoms with van der Waals surface area (Å²) < 4.78 is 44.1. The molecule has 0 spiro atoms. The van der Waals surface area contributed by atoms with Crippen LogP contribution in [0.25, 0.3) is 0 Å². The van der Waals surface area contributed by atoms with Gasteiger partial charge in [-0.3, -0.25) is 9.48 Å². The van der Waals surface area contributed by atoms with E-state index in [0.29, 0.717) is 5.69 Å². The SMILES string of the molecule is Cn1nccc1C(=O)C[C@](C)(N[S+]([O-])C(C)(C)C)c1ccc(F)cc1F. The Morgan fingerprint density at radius 2 is 1.92 bits per heavy atom. The zero-order valence-corrected chi connectivity index (χ0v) is 16.3. The van der Waals surface area contributed by atoms with Crippen LogP contribution in [0.3, 0.4) is 0 Å². The minimum absolute atomic E-state index is 0.0759. The number of nitrogens with one attached hydrogen (secondary N) is 1. The molecule has 0 aliphatic heterocycles. The molecule has 1 heterocycles. The van der Waals surface area contributed by atoms with Crippen molar-refractivity contribution >= 4 is 17.1 Å². The second-order valence-electron chi connectivity index (χ2n) is 7.38. The highest BCUT2D eigenvalue weighted by molar-refractivity contribution is 7.90. The summed E-state index contributed by atoms with van der Waals surface area (Å²) in [5, 5.41) is 3.96. The van der Waals surface area contributed by atoms with Crippen molar-refractivity contribution < 1.29 is 18.1 Å². The van der Waals surface area contributed by atoms with Gasteiger partial charge in [0.05, 0.1) is 5.54 Å². The lowest BCUT2D eigenvalue weighted by atomic mass is 9.87. The van der Waals surface area contributed by atoms with Crippen LogP contribution < -0.4 is 4.72 Å². The van der Waals surface area contributed by atoms with Gasteiger partial charge in [0, 0.05) is 42.7 Å². The first-order valence-corrected chi connectivity index (χ1v) is 9.25. The quantitative estimate of drug-likeness (QED) is 0.614. The largest absolute Gasteiger partial charge is 0.598 e. The minimum Gasteiger partial charge on any atom is -0.598 e. The zero-order valence-electron chi connectivity index (χ0n) is 15.5. The van der Waals surface area contributed by atoms with E-state index in [1.165, 1.54) is 16.9 Å². The van der Waals surface area contributed by atoms with Gasteiger partial charge in [-0.25, -0.2) is 8.78 Å². The lowest BCUT2D eigenvalue weighted by molar-refractivity contribution is 0.0939. The number of aryl methyl sites for hydroxylation is 1. The summed E-state index contributed by atoms with van der Waals surface area (Å²) in [7, 11) is 1.63. The van der Waals surface area contributed by atoms with Crippen molar-refractivity contribution in [2.24, 2.45) is 7.05 Å². The maximum absolute atomic E-state index is 14.5. The number of benzene rings is 1. The monoisotopic (exact) mass is 383 g/mol. The molecule has 0 aliphatic rings. The van der Waals surface area contributed by atoms with Crippen molar-refractivity contribution in [3.63, 3.8) is 0 Å². The van der Waals surface area contributed by atoms with Crippen LogP contribution in [0.15, 0.2) is 30.5 Å². The molecule has 8 heteroatoms. The van der Waals surface area contributed by atoms with Crippen LogP contribution in [0.5, 0.6) is 0 Å². The summed E-state index contributed by atoms with van der Waals surface area (Å²) in [6.07, 6.45) is 1.32. The lowest BCUT2D eigenvalue weighted by Crippen LogP contribution is -2.51. The van der Waals surface area contributed by atoms with Crippen molar-refractivity contribution in [1.29, 1.82) is 0 Å². The fraction of sp³-hybridized carbons (Fsp3) is 0.444. The molecule has 5 nitrogen and oxygen atoms in total. The Balaban J connectivity index is 2.44. The number of halogens is 2. The van der Waals surface area contributed by atoms with Crippen LogP contribution in [0.1, 0.15) is 50.2 Å². The molecule has 26 heavy (non-hydrogen) atoms. The highest BCUT2D eigenvalue weighted by atomic mass is 32.2. The summed E-state index contributed by atoms with van der Waals surface area (Å²) in [6, 6.07) is 4.70. The highest BCUT2D eigenvalue weighted by Gasteiger charge is 2.40. The molecule has 142 valence electrons. The van der Waals surface area contributed by atoms with Gasteiger partial charge < -0.3 is 4.55 Å². The van der Waals surface area contributed by atoms with Gasteiger partial charge in [0.15, 0.2) is 5.78 Å². The molecule has 2 atom stereocenters. The van der Waals surface area contributed by atoms with E-state index in [1.807, 2.05) is 0 Å². The van der Waals surface area contributed by atoms with Crippen molar-refractivity contribution in [1.82, 2.24) is 14.5 Å². The van der Waals surface area contributed by atoms with Crippen molar-refractivity contribution in [3.8, 4) is 0 Å². The van der Waals surface area contributed by atoms with Crippen LogP contribution in [0.2, 0.25) is 0 Å². The number of carbonyl (C=O) groups excluding carboxylic acids is 1. The summed E-state index contributed by atoms with van der Waals surface area (Å²) in [5.74, 6) is -1.82. The van der Waals surface area contributed by atoms with Crippen LogP contribution in [0.4, 0.5) is 8.78 Å². The second kappa shape index (κ2) is 7.46. The van der Waals surface area contributed by atoms with Gasteiger partial charge >= 0.3 is 0 Å². The van der Waals surface area contributed by atoms with Gasteiger partial charge in [0.1, 0.15) is 22.1 Å². The third-order valence-electron chi connectivity index (χ3n) is 4.02. The van der Waals surface area contributed by atoms with Crippen molar-refractivity contribution in [2.45, 2.75) is 44.4 Å². The Morgan fingerprint density at radius 3 is 2.42 bits per heavy atom. The second-order valence-corrected chi connectivity index (χ2v) is 9.35. The summed E-state index contributed by atoms with van der Waals surface area (Å²) >= 11 is -1.57. The smallest absolute Gasteiger partial charge is 0.183 e. The van der Waals surface area contributed by atoms with Crippen LogP contribution in [-0.4, -0.2) is 24.9 Å². The van der Waals surface area contributed by atoms with Gasteiger partial charge in [0.2, 0.25) is 0 Å². The van der Waals surface area contributed by atoms with Crippen molar-refractivity contribution in [2.75, 3.05) is 0 Å². The Labute approximate surface area is 155 Å². The molecule has 1 aromatic carbocycles. The molecule has 0 saturated carbocycles. The maximum Gasteiger partial charge on any atom is 0.183 e. The molecule has 0 radical (unpaired) electrons. The molecule has 1 aromatic heterocycles. The number of ketones is 1. The highest BCUT2D eigenvalue weighted by Crippen LogP contribution is 2.32. The van der Waals surface area contributed by atoms with Gasteiger partial charge in [0.25, 0.3) is 0 Å². The first-order chi connectivity index (χ1) is 11.9. The molecule has 0 aliphatic carbocycles. The normalized spacial score (nSPS) is 15.5. The number of nitrogens with zero attached hydrogens (tertiary/aromatic N) is 2. The van der Waals surface area contributed by atoms with E-state index in [-0.39, 0.29) is 17.8 Å². The molecule has 0 bridgehead atoms. The third kappa shape index (κ3) is 4.49. The minimum atomic E-state index is -1.57. The molecule has 0 saturated heterocycles. The first kappa shape index (κ1) is 20.5. The van der Waals surface area contributed by atoms with E-state index in [0.717, 1.165) is 12.1 Å². The number of hydrogen-bond donors (Lipinski definition) is 1. The number of rotatable bonds is 6. The number of hydrogen-bond acceptors (Lipinski definition) is 4. The molecular formula is C18H23F2N3O2S. The Bertz CT molecular complexity index is 804. The van der Waals surface area contributed by atoms with Gasteiger partial charge in [-0.2, -0.15) is 5.10 Å². The first-order valence-electron chi connectivity index (χ1n) is 8.10. The molecule has 2 rings (SSSR count). The number of carbonyl (C=O) groups is 1. The third-order valence-corrected chi connectivity index (χ3v) is 5.77. The predicted molar refractivity (Wildman–Crippen MR) is 96.9 cm³/mol. The summed E-state index contributed by atoms with van der Waals surface area (Å²) in [4.78, 5) is 12.7. The topological polar surface area (TPSA) is 70.0 Å². The lowest BCUT2D eigenvalue weighted by Gasteiger charge is -2.35. The van der Waals surface area contributed by atoms with Crippen LogP contribution in [-0.2, 0) is 23.9 Å². The molecule has 0 amide bonds. The Hall–Kier alpha value is -1.77. The van der Waals surface area contributed by atoms with E-state index in [9.17, 15) is 18.1 Å². The van der Waals surface area contributed by atoms with Gasteiger partial charge in [-0.05, 0) is 39.8 Å². The standard InChI is InChI=1S/C18H23F2N3O2S/c1-17(2,3)26(25)22-18(4,13-7-6-12(19)10-14(13)20)11-16(24)15-8-9-21-23(15)5/h6-10,22H,11H2,1-5H3/t18-,26?/m0/s1. The van der Waals surface area contributed by atoms with E-state index in [2.05, 4.69) is 9.82 Å². The van der Waals surface area contributed by atoms with E-state index < -0.39 is 33.3 Å².